The zero-order valence-electron chi connectivity index (χ0n) is 12.6. The molecule has 0 fully saturated rings. The minimum absolute atomic E-state index is 0.0222. The third-order valence-corrected chi connectivity index (χ3v) is 3.26. The van der Waals surface area contributed by atoms with E-state index < -0.39 is 0 Å². The molecule has 0 aliphatic carbocycles. The molecule has 0 unspecified atom stereocenters. The van der Waals surface area contributed by atoms with E-state index in [1.807, 2.05) is 46.8 Å². The second kappa shape index (κ2) is 5.53. The van der Waals surface area contributed by atoms with Gasteiger partial charge in [0.05, 0.1) is 11.7 Å². The molecule has 0 aliphatic heterocycles. The van der Waals surface area contributed by atoms with Crippen molar-refractivity contribution in [3.63, 3.8) is 0 Å². The largest absolute Gasteiger partial charge is 0.491 e. The Kier molecular flexibility index (Phi) is 3.98. The van der Waals surface area contributed by atoms with Gasteiger partial charge in [0.2, 0.25) is 0 Å². The molecule has 0 saturated carbocycles. The molecule has 106 valence electrons. The Balaban J connectivity index is 2.38. The first-order valence-electron chi connectivity index (χ1n) is 6.78. The Morgan fingerprint density at radius 3 is 2.40 bits per heavy atom. The van der Waals surface area contributed by atoms with Crippen LogP contribution in [-0.2, 0) is 0 Å². The lowest BCUT2D eigenvalue weighted by Gasteiger charge is -2.10. The van der Waals surface area contributed by atoms with Crippen molar-refractivity contribution in [3.8, 4) is 5.75 Å². The second-order valence-electron chi connectivity index (χ2n) is 5.24. The molecule has 1 aromatic heterocycles. The molecule has 0 radical (unpaired) electrons. The SMILES string of the molecule is Cc1oc(C)c(C(=O)c2cccc(OC(C)C)c2)c1C. The summed E-state index contributed by atoms with van der Waals surface area (Å²) in [5.41, 5.74) is 2.18. The fourth-order valence-corrected chi connectivity index (χ4v) is 2.25. The molecule has 0 N–H and O–H groups in total. The second-order valence-corrected chi connectivity index (χ2v) is 5.24. The minimum atomic E-state index is -0.0222. The Hall–Kier alpha value is -2.03. The highest BCUT2D eigenvalue weighted by Crippen LogP contribution is 2.25. The fraction of sp³-hybridized carbons (Fsp3) is 0.353. The first-order chi connectivity index (χ1) is 9.40. The van der Waals surface area contributed by atoms with Gasteiger partial charge in [0.25, 0.3) is 0 Å². The van der Waals surface area contributed by atoms with Gasteiger partial charge in [0.15, 0.2) is 5.78 Å². The maximum Gasteiger partial charge on any atom is 0.196 e. The van der Waals surface area contributed by atoms with E-state index >= 15 is 0 Å². The van der Waals surface area contributed by atoms with Gasteiger partial charge in [0.1, 0.15) is 17.3 Å². The van der Waals surface area contributed by atoms with Crippen molar-refractivity contribution in [1.29, 1.82) is 0 Å². The average Bonchev–Trinajstić information content (AvgIpc) is 2.62. The number of ether oxygens (including phenoxy) is 1. The van der Waals surface area contributed by atoms with E-state index in [0.29, 0.717) is 22.6 Å². The smallest absolute Gasteiger partial charge is 0.196 e. The third kappa shape index (κ3) is 2.77. The van der Waals surface area contributed by atoms with Crippen molar-refractivity contribution in [2.24, 2.45) is 0 Å². The van der Waals surface area contributed by atoms with Crippen LogP contribution in [-0.4, -0.2) is 11.9 Å². The summed E-state index contributed by atoms with van der Waals surface area (Å²) in [5, 5.41) is 0. The maximum atomic E-state index is 12.6. The van der Waals surface area contributed by atoms with E-state index in [1.54, 1.807) is 12.1 Å². The fourth-order valence-electron chi connectivity index (χ4n) is 2.25. The molecule has 2 rings (SSSR count). The third-order valence-electron chi connectivity index (χ3n) is 3.26. The molecule has 3 nitrogen and oxygen atoms in total. The number of furan rings is 1. The van der Waals surface area contributed by atoms with Crippen LogP contribution in [0.1, 0.15) is 46.9 Å². The number of carbonyl (C=O) groups excluding carboxylic acids is 1. The molecule has 0 aliphatic rings. The lowest BCUT2D eigenvalue weighted by Crippen LogP contribution is -2.07. The summed E-state index contributed by atoms with van der Waals surface area (Å²) >= 11 is 0. The zero-order chi connectivity index (χ0) is 14.9. The van der Waals surface area contributed by atoms with E-state index in [9.17, 15) is 4.79 Å². The van der Waals surface area contributed by atoms with Gasteiger partial charge < -0.3 is 9.15 Å². The van der Waals surface area contributed by atoms with E-state index in [4.69, 9.17) is 9.15 Å². The molecular weight excluding hydrogens is 252 g/mol. The van der Waals surface area contributed by atoms with Crippen LogP contribution in [0, 0.1) is 20.8 Å². The van der Waals surface area contributed by atoms with Crippen molar-refractivity contribution in [1.82, 2.24) is 0 Å². The molecule has 0 spiro atoms. The highest BCUT2D eigenvalue weighted by molar-refractivity contribution is 6.10. The van der Waals surface area contributed by atoms with E-state index in [1.165, 1.54) is 0 Å². The molecule has 0 saturated heterocycles. The van der Waals surface area contributed by atoms with E-state index in [2.05, 4.69) is 0 Å². The molecule has 0 amide bonds. The summed E-state index contributed by atoms with van der Waals surface area (Å²) in [6, 6.07) is 7.28. The molecule has 3 heteroatoms. The molecule has 2 aromatic rings. The van der Waals surface area contributed by atoms with Gasteiger partial charge in [-0.2, -0.15) is 0 Å². The van der Waals surface area contributed by atoms with Crippen LogP contribution in [0.3, 0.4) is 0 Å². The zero-order valence-corrected chi connectivity index (χ0v) is 12.6. The quantitative estimate of drug-likeness (QED) is 0.782. The van der Waals surface area contributed by atoms with Crippen LogP contribution in [0.2, 0.25) is 0 Å². The number of rotatable bonds is 4. The molecule has 1 heterocycles. The maximum absolute atomic E-state index is 12.6. The van der Waals surface area contributed by atoms with E-state index in [0.717, 1.165) is 11.3 Å². The highest BCUT2D eigenvalue weighted by Gasteiger charge is 2.20. The average molecular weight is 272 g/mol. The van der Waals surface area contributed by atoms with Crippen LogP contribution < -0.4 is 4.74 Å². The Morgan fingerprint density at radius 2 is 1.85 bits per heavy atom. The predicted molar refractivity (Wildman–Crippen MR) is 78.6 cm³/mol. The first-order valence-corrected chi connectivity index (χ1v) is 6.78. The van der Waals surface area contributed by atoms with Crippen molar-refractivity contribution >= 4 is 5.78 Å². The molecule has 0 atom stereocenters. The summed E-state index contributed by atoms with van der Waals surface area (Å²) in [4.78, 5) is 12.6. The number of hydrogen-bond acceptors (Lipinski definition) is 3. The van der Waals surface area contributed by atoms with Crippen molar-refractivity contribution in [2.45, 2.75) is 40.7 Å². The van der Waals surface area contributed by atoms with Crippen molar-refractivity contribution < 1.29 is 13.9 Å². The summed E-state index contributed by atoms with van der Waals surface area (Å²) in [6.07, 6.45) is 0.0833. The molecular formula is C17H20O3. The van der Waals surface area contributed by atoms with Crippen LogP contribution in [0.5, 0.6) is 5.75 Å². The van der Waals surface area contributed by atoms with Crippen LogP contribution in [0.4, 0.5) is 0 Å². The summed E-state index contributed by atoms with van der Waals surface area (Å²) in [5.74, 6) is 2.15. The number of carbonyl (C=O) groups is 1. The Labute approximate surface area is 119 Å². The van der Waals surface area contributed by atoms with Gasteiger partial charge in [-0.15, -0.1) is 0 Å². The number of benzene rings is 1. The van der Waals surface area contributed by atoms with Gasteiger partial charge in [-0.25, -0.2) is 0 Å². The molecule has 0 bridgehead atoms. The van der Waals surface area contributed by atoms with Crippen molar-refractivity contribution in [3.05, 3.63) is 52.5 Å². The summed E-state index contributed by atoms with van der Waals surface area (Å²) in [6.45, 7) is 9.52. The van der Waals surface area contributed by atoms with Crippen LogP contribution in [0.25, 0.3) is 0 Å². The standard InChI is InChI=1S/C17H20O3/c1-10(2)19-15-8-6-7-14(9-15)17(18)16-11(3)12(4)20-13(16)5/h6-10H,1-5H3. The van der Waals surface area contributed by atoms with Gasteiger partial charge in [-0.05, 0) is 46.8 Å². The molecule has 1 aromatic carbocycles. The number of hydrogen-bond donors (Lipinski definition) is 0. The summed E-state index contributed by atoms with van der Waals surface area (Å²) < 4.78 is 11.2. The topological polar surface area (TPSA) is 39.4 Å². The summed E-state index contributed by atoms with van der Waals surface area (Å²) in [7, 11) is 0. The van der Waals surface area contributed by atoms with Gasteiger partial charge in [0, 0.05) is 11.1 Å². The van der Waals surface area contributed by atoms with Crippen LogP contribution >= 0.6 is 0 Å². The van der Waals surface area contributed by atoms with Gasteiger partial charge in [-0.1, -0.05) is 12.1 Å². The number of ketones is 1. The monoisotopic (exact) mass is 272 g/mol. The normalized spacial score (nSPS) is 10.9. The highest BCUT2D eigenvalue weighted by atomic mass is 16.5. The molecule has 20 heavy (non-hydrogen) atoms. The number of aryl methyl sites for hydroxylation is 2. The van der Waals surface area contributed by atoms with Gasteiger partial charge >= 0.3 is 0 Å². The van der Waals surface area contributed by atoms with Gasteiger partial charge in [-0.3, -0.25) is 4.79 Å². The predicted octanol–water partition coefficient (Wildman–Crippen LogP) is 4.22. The Bertz CT molecular complexity index is 636. The van der Waals surface area contributed by atoms with Crippen molar-refractivity contribution in [2.75, 3.05) is 0 Å². The van der Waals surface area contributed by atoms with Crippen LogP contribution in [0.15, 0.2) is 28.7 Å². The lowest BCUT2D eigenvalue weighted by molar-refractivity contribution is 0.103. The lowest BCUT2D eigenvalue weighted by atomic mass is 10.00. The Morgan fingerprint density at radius 1 is 1.15 bits per heavy atom. The first kappa shape index (κ1) is 14.4. The minimum Gasteiger partial charge on any atom is -0.491 e. The van der Waals surface area contributed by atoms with E-state index in [-0.39, 0.29) is 11.9 Å².